The van der Waals surface area contributed by atoms with E-state index < -0.39 is 0 Å². The first-order valence-corrected chi connectivity index (χ1v) is 7.24. The number of hydrogen-bond donors (Lipinski definition) is 1. The van der Waals surface area contributed by atoms with E-state index in [9.17, 15) is 0 Å². The predicted octanol–water partition coefficient (Wildman–Crippen LogP) is 2.57. The van der Waals surface area contributed by atoms with Gasteiger partial charge >= 0.3 is 0 Å². The van der Waals surface area contributed by atoms with Gasteiger partial charge in [-0.2, -0.15) is 5.10 Å². The lowest BCUT2D eigenvalue weighted by Gasteiger charge is -2.21. The quantitative estimate of drug-likeness (QED) is 0.753. The molecule has 0 aliphatic rings. The summed E-state index contributed by atoms with van der Waals surface area (Å²) in [4.78, 5) is 0. The Bertz CT molecular complexity index is 716. The van der Waals surface area contributed by atoms with E-state index in [1.54, 1.807) is 18.4 Å². The molecule has 3 heterocycles. The number of nitrogens with zero attached hydrogens (tertiary/aromatic N) is 4. The molecule has 1 N–H and O–H groups in total. The van der Waals surface area contributed by atoms with E-state index in [1.807, 2.05) is 24.0 Å². The minimum atomic E-state index is 0.207. The molecule has 3 rings (SSSR count). The number of aryl methyl sites for hydroxylation is 1. The van der Waals surface area contributed by atoms with Crippen molar-refractivity contribution in [2.75, 3.05) is 0 Å². The molecular formula is C15H19N5O2. The van der Waals surface area contributed by atoms with E-state index in [1.165, 1.54) is 0 Å². The third-order valence-electron chi connectivity index (χ3n) is 3.65. The van der Waals surface area contributed by atoms with E-state index >= 15 is 0 Å². The SMILES string of the molecule is Cc1cnn([C@@H](C)[C@@H](C)NCc2nnc(-c3ccco3)o2)c1. The highest BCUT2D eigenvalue weighted by Crippen LogP contribution is 2.18. The summed E-state index contributed by atoms with van der Waals surface area (Å²) < 4.78 is 12.7. The Morgan fingerprint density at radius 1 is 1.32 bits per heavy atom. The van der Waals surface area contributed by atoms with Crippen LogP contribution in [0.5, 0.6) is 0 Å². The highest BCUT2D eigenvalue weighted by molar-refractivity contribution is 5.42. The smallest absolute Gasteiger partial charge is 0.283 e. The van der Waals surface area contributed by atoms with Crippen LogP contribution in [0.3, 0.4) is 0 Å². The maximum Gasteiger partial charge on any atom is 0.283 e. The average Bonchev–Trinajstić information content (AvgIpc) is 3.24. The Labute approximate surface area is 128 Å². The van der Waals surface area contributed by atoms with Crippen LogP contribution >= 0.6 is 0 Å². The van der Waals surface area contributed by atoms with Gasteiger partial charge in [-0.15, -0.1) is 10.2 Å². The highest BCUT2D eigenvalue weighted by Gasteiger charge is 2.16. The Hall–Kier alpha value is -2.41. The molecule has 0 aliphatic carbocycles. The first-order chi connectivity index (χ1) is 10.6. The molecule has 2 atom stereocenters. The zero-order chi connectivity index (χ0) is 15.5. The van der Waals surface area contributed by atoms with Gasteiger partial charge in [0.1, 0.15) is 0 Å². The topological polar surface area (TPSA) is 81.9 Å². The zero-order valence-corrected chi connectivity index (χ0v) is 12.9. The Kier molecular flexibility index (Phi) is 4.06. The van der Waals surface area contributed by atoms with Crippen molar-refractivity contribution in [2.24, 2.45) is 0 Å². The van der Waals surface area contributed by atoms with E-state index in [-0.39, 0.29) is 12.1 Å². The third kappa shape index (κ3) is 3.09. The van der Waals surface area contributed by atoms with Gasteiger partial charge in [0.15, 0.2) is 5.76 Å². The number of aromatic nitrogens is 4. The van der Waals surface area contributed by atoms with Crippen LogP contribution in [-0.4, -0.2) is 26.0 Å². The molecule has 0 bridgehead atoms. The van der Waals surface area contributed by atoms with Gasteiger partial charge in [-0.3, -0.25) is 4.68 Å². The van der Waals surface area contributed by atoms with Crippen LogP contribution in [0, 0.1) is 6.92 Å². The molecule has 0 aliphatic heterocycles. The molecule has 0 saturated heterocycles. The molecule has 116 valence electrons. The average molecular weight is 301 g/mol. The second-order valence-corrected chi connectivity index (χ2v) is 5.39. The molecule has 0 radical (unpaired) electrons. The van der Waals surface area contributed by atoms with E-state index in [2.05, 4.69) is 34.5 Å². The van der Waals surface area contributed by atoms with E-state index in [0.717, 1.165) is 5.56 Å². The Morgan fingerprint density at radius 2 is 2.18 bits per heavy atom. The normalized spacial score (nSPS) is 14.1. The summed E-state index contributed by atoms with van der Waals surface area (Å²) in [6.07, 6.45) is 5.47. The highest BCUT2D eigenvalue weighted by atomic mass is 16.4. The van der Waals surface area contributed by atoms with Gasteiger partial charge in [-0.05, 0) is 38.5 Å². The van der Waals surface area contributed by atoms with Crippen molar-refractivity contribution < 1.29 is 8.83 Å². The van der Waals surface area contributed by atoms with Crippen LogP contribution in [0.25, 0.3) is 11.7 Å². The van der Waals surface area contributed by atoms with Gasteiger partial charge in [0.25, 0.3) is 5.89 Å². The summed E-state index contributed by atoms with van der Waals surface area (Å²) in [6, 6.07) is 4.00. The minimum Gasteiger partial charge on any atom is -0.459 e. The second kappa shape index (κ2) is 6.15. The maximum absolute atomic E-state index is 5.57. The molecular weight excluding hydrogens is 282 g/mol. The van der Waals surface area contributed by atoms with Gasteiger partial charge in [0.2, 0.25) is 5.89 Å². The fourth-order valence-corrected chi connectivity index (χ4v) is 2.13. The Balaban J connectivity index is 1.58. The zero-order valence-electron chi connectivity index (χ0n) is 12.9. The van der Waals surface area contributed by atoms with Crippen molar-refractivity contribution in [3.8, 4) is 11.7 Å². The van der Waals surface area contributed by atoms with Crippen molar-refractivity contribution in [1.29, 1.82) is 0 Å². The number of furan rings is 1. The van der Waals surface area contributed by atoms with Gasteiger partial charge in [0, 0.05) is 12.2 Å². The molecule has 22 heavy (non-hydrogen) atoms. The van der Waals surface area contributed by atoms with Gasteiger partial charge in [-0.25, -0.2) is 0 Å². The lowest BCUT2D eigenvalue weighted by Crippen LogP contribution is -2.33. The summed E-state index contributed by atoms with van der Waals surface area (Å²) in [7, 11) is 0. The van der Waals surface area contributed by atoms with Crippen molar-refractivity contribution in [3.05, 3.63) is 42.2 Å². The molecule has 0 amide bonds. The summed E-state index contributed by atoms with van der Waals surface area (Å²) in [6.45, 7) is 6.75. The predicted molar refractivity (Wildman–Crippen MR) is 80.0 cm³/mol. The van der Waals surface area contributed by atoms with Crippen LogP contribution in [0.4, 0.5) is 0 Å². The van der Waals surface area contributed by atoms with Crippen LogP contribution in [0.15, 0.2) is 39.6 Å². The monoisotopic (exact) mass is 301 g/mol. The summed E-state index contributed by atoms with van der Waals surface area (Å²) in [5.41, 5.74) is 1.15. The molecule has 0 unspecified atom stereocenters. The summed E-state index contributed by atoms with van der Waals surface area (Å²) >= 11 is 0. The lowest BCUT2D eigenvalue weighted by molar-refractivity contribution is 0.348. The van der Waals surface area contributed by atoms with Crippen molar-refractivity contribution >= 4 is 0 Å². The summed E-state index contributed by atoms with van der Waals surface area (Å²) in [5, 5.41) is 15.7. The first-order valence-electron chi connectivity index (χ1n) is 7.24. The van der Waals surface area contributed by atoms with E-state index in [4.69, 9.17) is 8.83 Å². The number of hydrogen-bond acceptors (Lipinski definition) is 6. The molecule has 0 aromatic carbocycles. The standard InChI is InChI=1S/C15H19N5O2/c1-10-7-17-20(9-10)12(3)11(2)16-8-14-18-19-15(22-14)13-5-4-6-21-13/h4-7,9,11-12,16H,8H2,1-3H3/t11-,12+/m1/s1. The van der Waals surface area contributed by atoms with Crippen LogP contribution in [-0.2, 0) is 6.54 Å². The largest absolute Gasteiger partial charge is 0.459 e. The summed E-state index contributed by atoms with van der Waals surface area (Å²) in [5.74, 6) is 1.50. The molecule has 3 aromatic rings. The van der Waals surface area contributed by atoms with Crippen molar-refractivity contribution in [2.45, 2.75) is 39.4 Å². The minimum absolute atomic E-state index is 0.207. The molecule has 0 saturated carbocycles. The molecule has 7 heteroatoms. The fraction of sp³-hybridized carbons (Fsp3) is 0.400. The maximum atomic E-state index is 5.57. The molecule has 3 aromatic heterocycles. The fourth-order valence-electron chi connectivity index (χ4n) is 2.13. The van der Waals surface area contributed by atoms with Gasteiger partial charge in [-0.1, -0.05) is 0 Å². The molecule has 7 nitrogen and oxygen atoms in total. The Morgan fingerprint density at radius 3 is 2.86 bits per heavy atom. The second-order valence-electron chi connectivity index (χ2n) is 5.39. The van der Waals surface area contributed by atoms with Gasteiger partial charge in [0.05, 0.1) is 25.0 Å². The van der Waals surface area contributed by atoms with Crippen LogP contribution in [0.1, 0.15) is 31.3 Å². The molecule has 0 fully saturated rings. The van der Waals surface area contributed by atoms with Gasteiger partial charge < -0.3 is 14.2 Å². The first kappa shape index (κ1) is 14.5. The number of nitrogens with one attached hydrogen (secondary N) is 1. The molecule has 0 spiro atoms. The van der Waals surface area contributed by atoms with Crippen LogP contribution in [0.2, 0.25) is 0 Å². The number of rotatable bonds is 6. The van der Waals surface area contributed by atoms with Crippen LogP contribution < -0.4 is 5.32 Å². The van der Waals surface area contributed by atoms with Crippen molar-refractivity contribution in [3.63, 3.8) is 0 Å². The van der Waals surface area contributed by atoms with Crippen molar-refractivity contribution in [1.82, 2.24) is 25.3 Å². The lowest BCUT2D eigenvalue weighted by atomic mass is 10.2. The third-order valence-corrected chi connectivity index (χ3v) is 3.65. The van der Waals surface area contributed by atoms with E-state index in [0.29, 0.717) is 24.1 Å².